The third-order valence-corrected chi connectivity index (χ3v) is 9.61. The lowest BCUT2D eigenvalue weighted by atomic mass is 9.50. The molecule has 4 aliphatic carbocycles. The summed E-state index contributed by atoms with van der Waals surface area (Å²) in [6, 6.07) is 0. The standard InChI is InChI=1S/C27H42O/c1-19(18-28)8-7-9-20(2)23-13-14-24-22-12-11-21-10-5-6-16-26(21,3)25(22)15-17-27(23,24)4/h8,11-12,20,23-25,28H,5-7,9-10,13-18H2,1-4H3/t20-,23-,24+,25+,26+,27-/m1/s1. The van der Waals surface area contributed by atoms with Gasteiger partial charge in [0.15, 0.2) is 0 Å². The first-order valence-corrected chi connectivity index (χ1v) is 12.1. The van der Waals surface area contributed by atoms with Crippen LogP contribution in [0, 0.1) is 34.5 Å². The first-order valence-electron chi connectivity index (χ1n) is 12.1. The van der Waals surface area contributed by atoms with E-state index in [1.165, 1.54) is 57.8 Å². The zero-order valence-electron chi connectivity index (χ0n) is 18.8. The number of hydrogen-bond acceptors (Lipinski definition) is 1. The van der Waals surface area contributed by atoms with Crippen molar-refractivity contribution in [1.29, 1.82) is 0 Å². The molecular weight excluding hydrogens is 340 g/mol. The lowest BCUT2D eigenvalue weighted by Crippen LogP contribution is -2.45. The minimum absolute atomic E-state index is 0.210. The molecule has 0 aromatic rings. The fraction of sp³-hybridized carbons (Fsp3) is 0.778. The van der Waals surface area contributed by atoms with Gasteiger partial charge in [0.05, 0.1) is 6.61 Å². The maximum Gasteiger partial charge on any atom is 0.0639 e. The Kier molecular flexibility index (Phi) is 5.69. The van der Waals surface area contributed by atoms with E-state index in [-0.39, 0.29) is 6.61 Å². The minimum atomic E-state index is 0.210. The van der Waals surface area contributed by atoms with E-state index in [2.05, 4.69) is 39.0 Å². The topological polar surface area (TPSA) is 20.2 Å². The van der Waals surface area contributed by atoms with E-state index in [0.717, 1.165) is 35.7 Å². The average Bonchev–Trinajstić information content (AvgIpc) is 3.04. The zero-order valence-corrected chi connectivity index (χ0v) is 18.8. The highest BCUT2D eigenvalue weighted by molar-refractivity contribution is 5.38. The Morgan fingerprint density at radius 2 is 1.96 bits per heavy atom. The molecule has 0 heterocycles. The number of hydrogen-bond donors (Lipinski definition) is 1. The Balaban J connectivity index is 1.52. The molecule has 28 heavy (non-hydrogen) atoms. The Bertz CT molecular complexity index is 682. The molecule has 4 aliphatic rings. The monoisotopic (exact) mass is 382 g/mol. The van der Waals surface area contributed by atoms with Gasteiger partial charge in [0.25, 0.3) is 0 Å². The molecule has 0 aliphatic heterocycles. The molecule has 0 unspecified atom stereocenters. The molecule has 156 valence electrons. The van der Waals surface area contributed by atoms with Crippen molar-refractivity contribution in [3.63, 3.8) is 0 Å². The van der Waals surface area contributed by atoms with Crippen molar-refractivity contribution in [1.82, 2.24) is 0 Å². The van der Waals surface area contributed by atoms with Gasteiger partial charge >= 0.3 is 0 Å². The van der Waals surface area contributed by atoms with Gasteiger partial charge < -0.3 is 5.11 Å². The summed E-state index contributed by atoms with van der Waals surface area (Å²) in [5.41, 5.74) is 5.71. The Hall–Kier alpha value is -0.820. The maximum absolute atomic E-state index is 9.24. The van der Waals surface area contributed by atoms with E-state index in [1.54, 1.807) is 5.57 Å². The Morgan fingerprint density at radius 3 is 2.75 bits per heavy atom. The van der Waals surface area contributed by atoms with Crippen molar-refractivity contribution in [2.45, 2.75) is 91.9 Å². The third kappa shape index (κ3) is 3.26. The van der Waals surface area contributed by atoms with Gasteiger partial charge in [-0.25, -0.2) is 0 Å². The molecule has 3 fully saturated rings. The highest BCUT2D eigenvalue weighted by Crippen LogP contribution is 2.66. The summed E-state index contributed by atoms with van der Waals surface area (Å²) in [5, 5.41) is 9.24. The fourth-order valence-corrected chi connectivity index (χ4v) is 7.87. The summed E-state index contributed by atoms with van der Waals surface area (Å²) in [5.74, 6) is 3.31. The molecule has 1 N–H and O–H groups in total. The van der Waals surface area contributed by atoms with Gasteiger partial charge in [-0.2, -0.15) is 0 Å². The molecular formula is C27H42O. The summed E-state index contributed by atoms with van der Waals surface area (Å²) in [6.07, 6.45) is 21.1. The molecule has 0 bridgehead atoms. The van der Waals surface area contributed by atoms with Crippen LogP contribution in [0.3, 0.4) is 0 Å². The summed E-state index contributed by atoms with van der Waals surface area (Å²) in [4.78, 5) is 0. The van der Waals surface area contributed by atoms with Gasteiger partial charge in [-0.15, -0.1) is 0 Å². The molecule has 0 aromatic heterocycles. The zero-order chi connectivity index (χ0) is 19.9. The van der Waals surface area contributed by atoms with Crippen LogP contribution in [0.15, 0.2) is 34.9 Å². The molecule has 0 radical (unpaired) electrons. The summed E-state index contributed by atoms with van der Waals surface area (Å²) >= 11 is 0. The van der Waals surface area contributed by atoms with Crippen LogP contribution in [0.1, 0.15) is 91.9 Å². The van der Waals surface area contributed by atoms with E-state index in [0.29, 0.717) is 10.8 Å². The van der Waals surface area contributed by atoms with E-state index in [1.807, 2.05) is 12.5 Å². The maximum atomic E-state index is 9.24. The van der Waals surface area contributed by atoms with E-state index >= 15 is 0 Å². The molecule has 6 atom stereocenters. The van der Waals surface area contributed by atoms with Crippen molar-refractivity contribution in [3.8, 4) is 0 Å². The van der Waals surface area contributed by atoms with Gasteiger partial charge in [0.2, 0.25) is 0 Å². The predicted molar refractivity (Wildman–Crippen MR) is 119 cm³/mol. The van der Waals surface area contributed by atoms with Gasteiger partial charge in [0, 0.05) is 0 Å². The van der Waals surface area contributed by atoms with Crippen LogP contribution in [-0.4, -0.2) is 11.7 Å². The summed E-state index contributed by atoms with van der Waals surface area (Å²) < 4.78 is 0. The molecule has 0 saturated heterocycles. The normalized spacial score (nSPS) is 41.5. The van der Waals surface area contributed by atoms with Gasteiger partial charge in [0.1, 0.15) is 0 Å². The van der Waals surface area contributed by atoms with Crippen LogP contribution in [-0.2, 0) is 0 Å². The third-order valence-electron chi connectivity index (χ3n) is 9.61. The van der Waals surface area contributed by atoms with Crippen molar-refractivity contribution >= 4 is 0 Å². The first-order chi connectivity index (χ1) is 13.4. The lowest BCUT2D eigenvalue weighted by Gasteiger charge is -2.54. The number of aliphatic hydroxyl groups is 1. The molecule has 1 heteroatoms. The average molecular weight is 383 g/mol. The number of fused-ring (bicyclic) bond motifs is 5. The largest absolute Gasteiger partial charge is 0.392 e. The highest BCUT2D eigenvalue weighted by atomic mass is 16.3. The van der Waals surface area contributed by atoms with Crippen LogP contribution >= 0.6 is 0 Å². The van der Waals surface area contributed by atoms with Crippen LogP contribution in [0.2, 0.25) is 0 Å². The van der Waals surface area contributed by atoms with E-state index in [9.17, 15) is 5.11 Å². The Labute approximate surface area is 173 Å². The number of allylic oxidation sites excluding steroid dienone is 5. The summed E-state index contributed by atoms with van der Waals surface area (Å²) in [7, 11) is 0. The summed E-state index contributed by atoms with van der Waals surface area (Å²) in [6.45, 7) is 10.00. The second-order valence-electron chi connectivity index (χ2n) is 11.1. The molecule has 0 spiro atoms. The minimum Gasteiger partial charge on any atom is -0.392 e. The van der Waals surface area contributed by atoms with Crippen molar-refractivity contribution < 1.29 is 5.11 Å². The highest BCUT2D eigenvalue weighted by Gasteiger charge is 2.56. The van der Waals surface area contributed by atoms with Crippen LogP contribution in [0.5, 0.6) is 0 Å². The SMILES string of the molecule is CC(=CCC[C@@H](C)[C@H]1CC[C@H]2C3=CC=C4CCCC[C@]4(C)[C@H]3CC[C@]12C)CO. The molecule has 0 amide bonds. The van der Waals surface area contributed by atoms with Gasteiger partial charge in [-0.1, -0.05) is 62.1 Å². The van der Waals surface area contributed by atoms with Gasteiger partial charge in [-0.3, -0.25) is 0 Å². The quantitative estimate of drug-likeness (QED) is 0.497. The predicted octanol–water partition coefficient (Wildman–Crippen LogP) is 7.23. The molecule has 3 saturated carbocycles. The number of rotatable bonds is 5. The first kappa shape index (κ1) is 20.5. The Morgan fingerprint density at radius 1 is 1.14 bits per heavy atom. The van der Waals surface area contributed by atoms with Crippen molar-refractivity contribution in [2.24, 2.45) is 34.5 Å². The second-order valence-corrected chi connectivity index (χ2v) is 11.1. The van der Waals surface area contributed by atoms with Crippen molar-refractivity contribution in [2.75, 3.05) is 6.61 Å². The van der Waals surface area contributed by atoms with Crippen LogP contribution < -0.4 is 0 Å². The fourth-order valence-electron chi connectivity index (χ4n) is 7.87. The lowest BCUT2D eigenvalue weighted by molar-refractivity contribution is 0.0485. The smallest absolute Gasteiger partial charge is 0.0639 e. The number of aliphatic hydroxyl groups excluding tert-OH is 1. The molecule has 0 aromatic carbocycles. The van der Waals surface area contributed by atoms with E-state index in [4.69, 9.17) is 0 Å². The van der Waals surface area contributed by atoms with Crippen LogP contribution in [0.25, 0.3) is 0 Å². The molecule has 4 rings (SSSR count). The molecule has 1 nitrogen and oxygen atoms in total. The second kappa shape index (κ2) is 7.78. The van der Waals surface area contributed by atoms with Crippen LogP contribution in [0.4, 0.5) is 0 Å². The van der Waals surface area contributed by atoms with Crippen molar-refractivity contribution in [3.05, 3.63) is 34.9 Å². The van der Waals surface area contributed by atoms with E-state index < -0.39 is 0 Å². The van der Waals surface area contributed by atoms with Gasteiger partial charge in [-0.05, 0) is 99.2 Å².